The third kappa shape index (κ3) is 12.8. The lowest BCUT2D eigenvalue weighted by molar-refractivity contribution is 0.228. The SMILES string of the molecule is C/C=C(\c1c(C)ncnc1N1CCNC(C)C1)C(C)CC.CCCC[C@@H](C)CO.CCCc1cccc(Cl)c1. The van der Waals surface area contributed by atoms with E-state index < -0.39 is 0 Å². The number of aromatic nitrogens is 2. The largest absolute Gasteiger partial charge is 0.396 e. The van der Waals surface area contributed by atoms with Gasteiger partial charge in [0.1, 0.15) is 12.1 Å². The molecular weight excluding hydrogens is 504 g/mol. The lowest BCUT2D eigenvalue weighted by Gasteiger charge is -2.34. The summed E-state index contributed by atoms with van der Waals surface area (Å²) in [5, 5.41) is 12.9. The van der Waals surface area contributed by atoms with Crippen LogP contribution < -0.4 is 10.2 Å². The quantitative estimate of drug-likeness (QED) is 0.308. The van der Waals surface area contributed by atoms with Gasteiger partial charge in [-0.2, -0.15) is 0 Å². The number of anilines is 1. The van der Waals surface area contributed by atoms with Crippen molar-refractivity contribution in [3.63, 3.8) is 0 Å². The Morgan fingerprint density at radius 3 is 2.51 bits per heavy atom. The second-order valence-electron chi connectivity index (χ2n) is 10.8. The van der Waals surface area contributed by atoms with Crippen LogP contribution in [-0.2, 0) is 6.42 Å². The third-order valence-corrected chi connectivity index (χ3v) is 7.45. The van der Waals surface area contributed by atoms with E-state index in [1.54, 1.807) is 6.33 Å². The summed E-state index contributed by atoms with van der Waals surface area (Å²) in [6.45, 7) is 20.7. The highest BCUT2D eigenvalue weighted by Gasteiger charge is 2.24. The normalized spacial score (nSPS) is 16.9. The molecule has 0 bridgehead atoms. The van der Waals surface area contributed by atoms with Crippen LogP contribution in [0, 0.1) is 18.8 Å². The van der Waals surface area contributed by atoms with E-state index in [2.05, 4.69) is 87.7 Å². The van der Waals surface area contributed by atoms with Crippen LogP contribution in [0.15, 0.2) is 36.7 Å². The molecule has 2 aromatic rings. The molecule has 1 fully saturated rings. The van der Waals surface area contributed by atoms with Gasteiger partial charge in [-0.1, -0.05) is 83.7 Å². The summed E-state index contributed by atoms with van der Waals surface area (Å²) in [4.78, 5) is 11.5. The molecule has 1 aromatic heterocycles. The minimum atomic E-state index is 0.347. The molecule has 2 heterocycles. The van der Waals surface area contributed by atoms with E-state index in [9.17, 15) is 0 Å². The number of hydrogen-bond acceptors (Lipinski definition) is 5. The highest BCUT2D eigenvalue weighted by Crippen LogP contribution is 2.33. The number of hydrogen-bond donors (Lipinski definition) is 2. The number of aliphatic hydroxyl groups excluding tert-OH is 1. The monoisotopic (exact) mass is 558 g/mol. The Bertz CT molecular complexity index is 964. The Labute approximate surface area is 244 Å². The summed E-state index contributed by atoms with van der Waals surface area (Å²) >= 11 is 5.78. The van der Waals surface area contributed by atoms with Crippen molar-refractivity contribution < 1.29 is 5.11 Å². The molecule has 1 saturated heterocycles. The number of unbranched alkanes of at least 4 members (excludes halogenated alkanes) is 1. The van der Waals surface area contributed by atoms with Crippen molar-refractivity contribution in [1.29, 1.82) is 0 Å². The van der Waals surface area contributed by atoms with E-state index in [4.69, 9.17) is 16.7 Å². The molecule has 5 nitrogen and oxygen atoms in total. The number of rotatable bonds is 10. The molecule has 3 rings (SSSR count). The third-order valence-electron chi connectivity index (χ3n) is 7.22. The second kappa shape index (κ2) is 20.0. The number of aryl methyl sites for hydroxylation is 2. The van der Waals surface area contributed by atoms with E-state index in [0.29, 0.717) is 24.5 Å². The molecule has 1 aliphatic heterocycles. The second-order valence-corrected chi connectivity index (χ2v) is 11.3. The maximum atomic E-state index is 8.56. The Hall–Kier alpha value is -1.95. The van der Waals surface area contributed by atoms with Crippen molar-refractivity contribution in [2.45, 2.75) is 100.0 Å². The molecule has 0 aliphatic carbocycles. The molecular formula is C33H55ClN4O. The Balaban J connectivity index is 0.000000350. The van der Waals surface area contributed by atoms with Crippen molar-refractivity contribution in [2.24, 2.45) is 11.8 Å². The minimum absolute atomic E-state index is 0.347. The first-order valence-corrected chi connectivity index (χ1v) is 15.4. The molecule has 0 saturated carbocycles. The van der Waals surface area contributed by atoms with Gasteiger partial charge < -0.3 is 15.3 Å². The van der Waals surface area contributed by atoms with Gasteiger partial charge in [-0.3, -0.25) is 0 Å². The number of aliphatic hydroxyl groups is 1. The number of nitrogens with zero attached hydrogens (tertiary/aromatic N) is 3. The topological polar surface area (TPSA) is 61.3 Å². The van der Waals surface area contributed by atoms with Crippen molar-refractivity contribution in [3.05, 3.63) is 58.5 Å². The lowest BCUT2D eigenvalue weighted by Crippen LogP contribution is -2.49. The molecule has 0 amide bonds. The van der Waals surface area contributed by atoms with Crippen LogP contribution in [-0.4, -0.2) is 47.4 Å². The number of benzene rings is 1. The van der Waals surface area contributed by atoms with Crippen LogP contribution in [0.25, 0.3) is 5.57 Å². The fourth-order valence-corrected chi connectivity index (χ4v) is 4.90. The number of halogens is 1. The van der Waals surface area contributed by atoms with Gasteiger partial charge in [0.2, 0.25) is 0 Å². The van der Waals surface area contributed by atoms with Gasteiger partial charge in [0.15, 0.2) is 0 Å². The number of piperazine rings is 1. The highest BCUT2D eigenvalue weighted by molar-refractivity contribution is 6.30. The molecule has 1 aromatic carbocycles. The van der Waals surface area contributed by atoms with Crippen LogP contribution in [0.4, 0.5) is 5.82 Å². The van der Waals surface area contributed by atoms with Gasteiger partial charge in [0.05, 0.1) is 5.69 Å². The van der Waals surface area contributed by atoms with Gasteiger partial charge in [-0.05, 0) is 75.1 Å². The summed E-state index contributed by atoms with van der Waals surface area (Å²) in [6.07, 6.45) is 11.0. The van der Waals surface area contributed by atoms with Crippen molar-refractivity contribution in [3.8, 4) is 0 Å². The van der Waals surface area contributed by atoms with E-state index in [-0.39, 0.29) is 0 Å². The first-order valence-electron chi connectivity index (χ1n) is 15.0. The van der Waals surface area contributed by atoms with Crippen molar-refractivity contribution >= 4 is 23.0 Å². The van der Waals surface area contributed by atoms with Crippen LogP contribution in [0.2, 0.25) is 5.02 Å². The van der Waals surface area contributed by atoms with Crippen molar-refractivity contribution in [2.75, 3.05) is 31.1 Å². The average Bonchev–Trinajstić information content (AvgIpc) is 2.93. The molecule has 2 N–H and O–H groups in total. The van der Waals surface area contributed by atoms with Crippen molar-refractivity contribution in [1.82, 2.24) is 15.3 Å². The van der Waals surface area contributed by atoms with Gasteiger partial charge in [-0.25, -0.2) is 9.97 Å². The lowest BCUT2D eigenvalue weighted by atomic mass is 9.90. The van der Waals surface area contributed by atoms with Gasteiger partial charge in [0.25, 0.3) is 0 Å². The highest BCUT2D eigenvalue weighted by atomic mass is 35.5. The zero-order valence-corrected chi connectivity index (χ0v) is 26.7. The van der Waals surface area contributed by atoms with Gasteiger partial charge in [-0.15, -0.1) is 0 Å². The zero-order chi connectivity index (χ0) is 29.2. The average molecular weight is 559 g/mol. The predicted octanol–water partition coefficient (Wildman–Crippen LogP) is 8.13. The van der Waals surface area contributed by atoms with E-state index in [1.807, 2.05) is 18.2 Å². The fraction of sp³-hybridized carbons (Fsp3) is 0.636. The molecule has 0 spiro atoms. The summed E-state index contributed by atoms with van der Waals surface area (Å²) in [6, 6.07) is 8.52. The molecule has 1 aliphatic rings. The van der Waals surface area contributed by atoms with E-state index in [1.165, 1.54) is 42.4 Å². The van der Waals surface area contributed by atoms with Crippen LogP contribution in [0.3, 0.4) is 0 Å². The van der Waals surface area contributed by atoms with E-state index >= 15 is 0 Å². The Kier molecular flexibility index (Phi) is 18.0. The zero-order valence-electron chi connectivity index (χ0n) is 25.9. The minimum Gasteiger partial charge on any atom is -0.396 e. The Morgan fingerprint density at radius 1 is 1.21 bits per heavy atom. The smallest absolute Gasteiger partial charge is 0.139 e. The van der Waals surface area contributed by atoms with Crippen LogP contribution in [0.5, 0.6) is 0 Å². The maximum Gasteiger partial charge on any atom is 0.139 e. The van der Waals surface area contributed by atoms with Crippen LogP contribution in [0.1, 0.15) is 97.4 Å². The first-order chi connectivity index (χ1) is 18.7. The standard InChI is InChI=1S/C17H28N4.C9H11Cl.C7H16O/c1-6-12(3)15(7-2)16-14(5)19-11-20-17(16)21-9-8-18-13(4)10-21;1-2-4-8-5-3-6-9(10)7-8;1-3-4-5-7(2)6-8/h7,11-13,18H,6,8-10H2,1-5H3;3,5-7H,2,4H2,1H3;7-8H,3-6H2,1-2H3/b15-7-;;/t;;7-/m..1/s1. The molecule has 6 heteroatoms. The first kappa shape index (κ1) is 35.1. The summed E-state index contributed by atoms with van der Waals surface area (Å²) in [7, 11) is 0. The molecule has 220 valence electrons. The summed E-state index contributed by atoms with van der Waals surface area (Å²) in [5.41, 5.74) is 5.02. The van der Waals surface area contributed by atoms with E-state index in [0.717, 1.165) is 49.0 Å². The number of nitrogens with one attached hydrogen (secondary N) is 1. The molecule has 3 atom stereocenters. The Morgan fingerprint density at radius 2 is 1.95 bits per heavy atom. The predicted molar refractivity (Wildman–Crippen MR) is 171 cm³/mol. The fourth-order valence-electron chi connectivity index (χ4n) is 4.68. The number of allylic oxidation sites excluding steroid dienone is 2. The molecule has 0 radical (unpaired) electrons. The van der Waals surface area contributed by atoms with Gasteiger partial charge >= 0.3 is 0 Å². The van der Waals surface area contributed by atoms with Crippen LogP contribution >= 0.6 is 11.6 Å². The summed E-state index contributed by atoms with van der Waals surface area (Å²) in [5.74, 6) is 2.14. The molecule has 39 heavy (non-hydrogen) atoms. The molecule has 2 unspecified atom stereocenters. The summed E-state index contributed by atoms with van der Waals surface area (Å²) < 4.78 is 0. The van der Waals surface area contributed by atoms with Gasteiger partial charge in [0, 0.05) is 42.9 Å². The maximum absolute atomic E-state index is 8.56.